The number of anilines is 2. The Kier molecular flexibility index (Phi) is 3.64. The Morgan fingerprint density at radius 2 is 2.20 bits per heavy atom. The van der Waals surface area contributed by atoms with Crippen LogP contribution in [-0.2, 0) is 4.79 Å². The molecule has 8 heteroatoms. The number of hydrogen-bond acceptors (Lipinski definition) is 6. The highest BCUT2D eigenvalue weighted by Crippen LogP contribution is 2.38. The van der Waals surface area contributed by atoms with Crippen LogP contribution >= 0.6 is 21.0 Å². The van der Waals surface area contributed by atoms with Gasteiger partial charge in [0, 0.05) is 13.1 Å². The first kappa shape index (κ1) is 13.4. The molecule has 1 saturated heterocycles. The van der Waals surface area contributed by atoms with Crippen LogP contribution in [0, 0.1) is 3.57 Å². The summed E-state index contributed by atoms with van der Waals surface area (Å²) in [5, 5.41) is 2.00. The van der Waals surface area contributed by atoms with E-state index in [0.29, 0.717) is 11.9 Å². The molecule has 0 atom stereocenters. The molecule has 0 unspecified atom stereocenters. The molecule has 3 rings (SSSR count). The maximum atomic E-state index is 11.6. The Morgan fingerprint density at radius 1 is 1.45 bits per heavy atom. The zero-order chi connectivity index (χ0) is 14.1. The van der Waals surface area contributed by atoms with Gasteiger partial charge in [-0.3, -0.25) is 4.79 Å². The van der Waals surface area contributed by atoms with Gasteiger partial charge in [-0.15, -0.1) is 3.25 Å². The molecule has 2 aliphatic rings. The van der Waals surface area contributed by atoms with Crippen molar-refractivity contribution in [2.24, 2.45) is 3.25 Å². The lowest BCUT2D eigenvalue weighted by Gasteiger charge is -2.34. The molecular formula is C12H15IN6O. The Hall–Kier alpha value is -1.58. The van der Waals surface area contributed by atoms with Crippen LogP contribution in [0.15, 0.2) is 22.2 Å². The molecule has 2 N–H and O–H groups in total. The molecule has 0 aromatic carbocycles. The molecule has 7 nitrogen and oxygen atoms in total. The number of rotatable bonds is 2. The summed E-state index contributed by atoms with van der Waals surface area (Å²) >= 11 is -0.490. The van der Waals surface area contributed by atoms with Gasteiger partial charge in [0.05, 0.1) is 27.1 Å². The molecule has 0 aliphatic carbocycles. The van der Waals surface area contributed by atoms with E-state index in [1.165, 1.54) is 12.4 Å². The second kappa shape index (κ2) is 5.43. The first-order chi connectivity index (χ1) is 9.70. The number of nitrogens with zero attached hydrogens (tertiary/aromatic N) is 5. The number of nitrogens with two attached hydrogens (primary N) is 1. The van der Waals surface area contributed by atoms with Crippen molar-refractivity contribution in [1.29, 1.82) is 0 Å². The number of hydrogen-bond donors (Lipinski definition) is 1. The van der Waals surface area contributed by atoms with Gasteiger partial charge in [-0.05, 0) is 18.9 Å². The summed E-state index contributed by atoms with van der Waals surface area (Å²) < 4.78 is 5.63. The van der Waals surface area contributed by atoms with Gasteiger partial charge >= 0.3 is 0 Å². The largest absolute Gasteiger partial charge is 0.383 e. The monoisotopic (exact) mass is 386 g/mol. The van der Waals surface area contributed by atoms with Crippen molar-refractivity contribution in [3.05, 3.63) is 22.6 Å². The minimum Gasteiger partial charge on any atom is -0.383 e. The molecule has 106 valence electrons. The fourth-order valence-corrected chi connectivity index (χ4v) is 4.42. The normalized spacial score (nSPS) is 18.6. The van der Waals surface area contributed by atoms with E-state index in [-0.39, 0.29) is 5.91 Å². The lowest BCUT2D eigenvalue weighted by atomic mass is 10.0. The Labute approximate surface area is 127 Å². The van der Waals surface area contributed by atoms with Crippen LogP contribution in [-0.4, -0.2) is 39.9 Å². The predicted octanol–water partition coefficient (Wildman–Crippen LogP) is 1.29. The second-order valence-corrected chi connectivity index (χ2v) is 6.65. The summed E-state index contributed by atoms with van der Waals surface area (Å²) in [5.74, 6) is 1.41. The van der Waals surface area contributed by atoms with E-state index in [4.69, 9.17) is 5.73 Å². The number of halogens is 1. The SMILES string of the molecule is C=CC(=O)N1CCC(N2N=Ic3c(N)ncnc32)CC1. The van der Waals surface area contributed by atoms with Crippen molar-refractivity contribution >= 4 is 38.6 Å². The maximum Gasteiger partial charge on any atom is 0.245 e. The summed E-state index contributed by atoms with van der Waals surface area (Å²) in [6.45, 7) is 4.99. The fourth-order valence-electron chi connectivity index (χ4n) is 2.42. The zero-order valence-corrected chi connectivity index (χ0v) is 13.0. The molecule has 0 saturated carbocycles. The number of likely N-dealkylation sites (tertiary alicyclic amines) is 1. The van der Waals surface area contributed by atoms with E-state index in [2.05, 4.69) is 19.8 Å². The first-order valence-corrected chi connectivity index (χ1v) is 8.41. The number of carbonyl (C=O) groups is 1. The summed E-state index contributed by atoms with van der Waals surface area (Å²) in [4.78, 5) is 21.7. The van der Waals surface area contributed by atoms with Crippen LogP contribution in [0.25, 0.3) is 0 Å². The van der Waals surface area contributed by atoms with E-state index in [9.17, 15) is 4.79 Å². The van der Waals surface area contributed by atoms with E-state index in [1.54, 1.807) is 0 Å². The number of carbonyl (C=O) groups excluding carboxylic acids is 1. The quantitative estimate of drug-likeness (QED) is 0.612. The molecule has 20 heavy (non-hydrogen) atoms. The number of aromatic nitrogens is 2. The Balaban J connectivity index is 1.72. The smallest absolute Gasteiger partial charge is 0.245 e. The third-order valence-electron chi connectivity index (χ3n) is 3.52. The van der Waals surface area contributed by atoms with Gasteiger partial charge in [0.25, 0.3) is 0 Å². The third kappa shape index (κ3) is 2.28. The summed E-state index contributed by atoms with van der Waals surface area (Å²) in [6, 6.07) is 0.291. The maximum absolute atomic E-state index is 11.6. The third-order valence-corrected chi connectivity index (χ3v) is 5.71. The number of piperidine rings is 1. The molecule has 1 aromatic heterocycles. The van der Waals surface area contributed by atoms with Crippen molar-refractivity contribution in [2.75, 3.05) is 23.8 Å². The minimum atomic E-state index is -0.490. The number of fused-ring (bicyclic) bond motifs is 1. The molecular weight excluding hydrogens is 371 g/mol. The van der Waals surface area contributed by atoms with Crippen molar-refractivity contribution in [2.45, 2.75) is 18.9 Å². The van der Waals surface area contributed by atoms with E-state index in [0.717, 1.165) is 35.3 Å². The number of amides is 1. The molecule has 0 radical (unpaired) electrons. The van der Waals surface area contributed by atoms with Crippen LogP contribution in [0.1, 0.15) is 12.8 Å². The van der Waals surface area contributed by atoms with Gasteiger partial charge in [-0.1, -0.05) is 6.58 Å². The van der Waals surface area contributed by atoms with Crippen molar-refractivity contribution in [3.63, 3.8) is 0 Å². The molecule has 0 spiro atoms. The summed E-state index contributed by atoms with van der Waals surface area (Å²) in [6.07, 6.45) is 4.63. The van der Waals surface area contributed by atoms with Crippen LogP contribution < -0.4 is 10.7 Å². The zero-order valence-electron chi connectivity index (χ0n) is 10.9. The van der Waals surface area contributed by atoms with Gasteiger partial charge in [-0.2, -0.15) is 0 Å². The van der Waals surface area contributed by atoms with E-state index < -0.39 is 21.0 Å². The highest BCUT2D eigenvalue weighted by Gasteiger charge is 2.31. The van der Waals surface area contributed by atoms with Crippen LogP contribution in [0.5, 0.6) is 0 Å². The van der Waals surface area contributed by atoms with Gasteiger partial charge in [0.15, 0.2) is 5.82 Å². The van der Waals surface area contributed by atoms with Crippen LogP contribution in [0.3, 0.4) is 0 Å². The molecule has 1 aromatic rings. The van der Waals surface area contributed by atoms with Gasteiger partial charge in [0.2, 0.25) is 5.91 Å². The Morgan fingerprint density at radius 3 is 2.90 bits per heavy atom. The molecule has 2 aliphatic heterocycles. The molecule has 0 bridgehead atoms. The lowest BCUT2D eigenvalue weighted by Crippen LogP contribution is -2.44. The van der Waals surface area contributed by atoms with Gasteiger partial charge in [-0.25, -0.2) is 15.0 Å². The van der Waals surface area contributed by atoms with E-state index >= 15 is 0 Å². The molecule has 1 fully saturated rings. The second-order valence-electron chi connectivity index (χ2n) is 4.66. The highest BCUT2D eigenvalue weighted by atomic mass is 127. The van der Waals surface area contributed by atoms with Crippen LogP contribution in [0.4, 0.5) is 11.6 Å². The van der Waals surface area contributed by atoms with Crippen LogP contribution in [0.2, 0.25) is 0 Å². The van der Waals surface area contributed by atoms with Crippen molar-refractivity contribution in [1.82, 2.24) is 14.9 Å². The predicted molar refractivity (Wildman–Crippen MR) is 83.9 cm³/mol. The molecule has 3 heterocycles. The highest BCUT2D eigenvalue weighted by molar-refractivity contribution is 14.2. The van der Waals surface area contributed by atoms with Gasteiger partial charge in [0.1, 0.15) is 15.7 Å². The minimum absolute atomic E-state index is 0.00112. The molecule has 1 amide bonds. The van der Waals surface area contributed by atoms with Gasteiger partial charge < -0.3 is 10.6 Å². The average Bonchev–Trinajstić information content (AvgIpc) is 2.92. The fraction of sp³-hybridized carbons (Fsp3) is 0.417. The first-order valence-electron chi connectivity index (χ1n) is 6.37. The summed E-state index contributed by atoms with van der Waals surface area (Å²) in [5.41, 5.74) is 5.87. The van der Waals surface area contributed by atoms with Crippen molar-refractivity contribution < 1.29 is 4.79 Å². The standard InChI is InChI=1S/C12H15IN6O/c1-2-9(20)18-5-3-8(4-6-18)19-12-10(13-17-19)11(14)15-7-16-12/h2,7-8H,1,3-6H2,(H2,14,15,16). The number of nitrogen functional groups attached to an aromatic ring is 1. The Bertz CT molecular complexity index is 581. The lowest BCUT2D eigenvalue weighted by molar-refractivity contribution is -0.127. The topological polar surface area (TPSA) is 87.7 Å². The summed E-state index contributed by atoms with van der Waals surface area (Å²) in [7, 11) is 0. The average molecular weight is 386 g/mol. The van der Waals surface area contributed by atoms with Crippen molar-refractivity contribution in [3.8, 4) is 0 Å². The van der Waals surface area contributed by atoms with E-state index in [1.807, 2.05) is 9.91 Å².